The minimum atomic E-state index is -3.80. The molecule has 0 radical (unpaired) electrons. The summed E-state index contributed by atoms with van der Waals surface area (Å²) >= 11 is 0. The zero-order chi connectivity index (χ0) is 22.2. The molecule has 1 saturated heterocycles. The molecule has 0 aliphatic carbocycles. The number of aryl methyl sites for hydroxylation is 1. The number of rotatable bonds is 5. The molecule has 0 amide bonds. The number of imidazole rings is 1. The first kappa shape index (κ1) is 21.2. The third kappa shape index (κ3) is 3.98. The van der Waals surface area contributed by atoms with Crippen LogP contribution in [0, 0.1) is 19.7 Å². The molecule has 3 heterocycles. The lowest BCUT2D eigenvalue weighted by Crippen LogP contribution is -2.49. The third-order valence-electron chi connectivity index (χ3n) is 5.46. The average Bonchev–Trinajstić information content (AvgIpc) is 3.12. The highest BCUT2D eigenvalue weighted by atomic mass is 32.2. The van der Waals surface area contributed by atoms with Crippen molar-refractivity contribution >= 4 is 15.8 Å². The zero-order valence-electron chi connectivity index (χ0n) is 17.5. The van der Waals surface area contributed by atoms with Crippen LogP contribution in [-0.4, -0.2) is 65.5 Å². The first-order chi connectivity index (χ1) is 14.8. The number of hydrogen-bond donors (Lipinski definition) is 0. The summed E-state index contributed by atoms with van der Waals surface area (Å²) in [5.41, 5.74) is 1.92. The molecule has 1 aliphatic rings. The van der Waals surface area contributed by atoms with Crippen LogP contribution in [0.2, 0.25) is 0 Å². The molecule has 0 spiro atoms. The number of anilines is 1. The second-order valence-electron chi connectivity index (χ2n) is 7.21. The predicted molar refractivity (Wildman–Crippen MR) is 113 cm³/mol. The number of nitrogens with zero attached hydrogens (tertiary/aromatic N) is 6. The van der Waals surface area contributed by atoms with Crippen molar-refractivity contribution in [2.45, 2.75) is 18.7 Å². The van der Waals surface area contributed by atoms with Crippen molar-refractivity contribution in [1.29, 1.82) is 0 Å². The van der Waals surface area contributed by atoms with Gasteiger partial charge in [0.2, 0.25) is 10.0 Å². The summed E-state index contributed by atoms with van der Waals surface area (Å²) < 4.78 is 48.0. The Morgan fingerprint density at radius 2 is 1.71 bits per heavy atom. The van der Waals surface area contributed by atoms with Crippen LogP contribution in [0.3, 0.4) is 0 Å². The summed E-state index contributed by atoms with van der Waals surface area (Å²) in [5, 5.41) is 0. The smallest absolute Gasteiger partial charge is 0.243 e. The fourth-order valence-electron chi connectivity index (χ4n) is 3.49. The van der Waals surface area contributed by atoms with Gasteiger partial charge in [0.25, 0.3) is 0 Å². The number of benzene rings is 1. The lowest BCUT2D eigenvalue weighted by molar-refractivity contribution is 0.379. The second-order valence-corrected chi connectivity index (χ2v) is 9.15. The van der Waals surface area contributed by atoms with Crippen molar-refractivity contribution in [2.24, 2.45) is 0 Å². The SMILES string of the molecule is COc1ccc(S(=O)(=O)N2CCN(c3cc(-n4cnc(C)c4C)ncn3)CC2)cc1F. The molecule has 0 atom stereocenters. The zero-order valence-corrected chi connectivity index (χ0v) is 18.3. The Bertz CT molecular complexity index is 1210. The maximum absolute atomic E-state index is 14.0. The van der Waals surface area contributed by atoms with E-state index in [-0.39, 0.29) is 23.7 Å². The monoisotopic (exact) mass is 446 g/mol. The molecule has 9 nitrogen and oxygen atoms in total. The molecule has 11 heteroatoms. The van der Waals surface area contributed by atoms with Gasteiger partial charge >= 0.3 is 0 Å². The van der Waals surface area contributed by atoms with Gasteiger partial charge in [-0.3, -0.25) is 4.57 Å². The molecule has 1 aliphatic heterocycles. The van der Waals surface area contributed by atoms with Gasteiger partial charge in [0.15, 0.2) is 11.6 Å². The van der Waals surface area contributed by atoms with Crippen molar-refractivity contribution in [2.75, 3.05) is 38.2 Å². The fraction of sp³-hybridized carbons (Fsp3) is 0.350. The molecule has 31 heavy (non-hydrogen) atoms. The van der Waals surface area contributed by atoms with Crippen molar-refractivity contribution in [3.8, 4) is 11.6 Å². The van der Waals surface area contributed by atoms with Crippen molar-refractivity contribution in [3.05, 3.63) is 54.1 Å². The van der Waals surface area contributed by atoms with E-state index in [1.807, 2.05) is 29.4 Å². The van der Waals surface area contributed by atoms with Gasteiger partial charge in [-0.2, -0.15) is 4.31 Å². The Hall–Kier alpha value is -3.05. The topological polar surface area (TPSA) is 93.5 Å². The van der Waals surface area contributed by atoms with E-state index >= 15 is 0 Å². The number of hydrogen-bond acceptors (Lipinski definition) is 7. The maximum atomic E-state index is 14.0. The molecule has 164 valence electrons. The molecule has 1 aromatic carbocycles. The number of sulfonamides is 1. The minimum absolute atomic E-state index is 0.00616. The number of piperazine rings is 1. The van der Waals surface area contributed by atoms with E-state index in [0.29, 0.717) is 24.7 Å². The molecule has 4 rings (SSSR count). The number of aromatic nitrogens is 4. The quantitative estimate of drug-likeness (QED) is 0.591. The van der Waals surface area contributed by atoms with E-state index < -0.39 is 15.8 Å². The van der Waals surface area contributed by atoms with Crippen molar-refractivity contribution in [1.82, 2.24) is 23.8 Å². The first-order valence-electron chi connectivity index (χ1n) is 9.73. The van der Waals surface area contributed by atoms with Crippen molar-refractivity contribution < 1.29 is 17.5 Å². The maximum Gasteiger partial charge on any atom is 0.243 e. The summed E-state index contributed by atoms with van der Waals surface area (Å²) in [5.74, 6) is 0.711. The molecule has 0 bridgehead atoms. The highest BCUT2D eigenvalue weighted by molar-refractivity contribution is 7.89. The summed E-state index contributed by atoms with van der Waals surface area (Å²) in [6, 6.07) is 5.53. The van der Waals surface area contributed by atoms with Crippen LogP contribution in [0.4, 0.5) is 10.2 Å². The molecule has 0 saturated carbocycles. The Kier molecular flexibility index (Phi) is 5.63. The molecular formula is C20H23FN6O3S. The standard InChI is InChI=1S/C20H23FN6O3S/c1-14-15(2)27(13-24-14)20-11-19(22-12-23-20)25-6-8-26(9-7-25)31(28,29)16-4-5-18(30-3)17(21)10-16/h4-5,10-13H,6-9H2,1-3H3. The Morgan fingerprint density at radius 1 is 1.00 bits per heavy atom. The van der Waals surface area contributed by atoms with E-state index in [2.05, 4.69) is 15.0 Å². The van der Waals surface area contributed by atoms with Crippen LogP contribution in [0.15, 0.2) is 41.8 Å². The van der Waals surface area contributed by atoms with Crippen molar-refractivity contribution in [3.63, 3.8) is 0 Å². The number of halogens is 1. The molecule has 3 aromatic rings. The molecular weight excluding hydrogens is 423 g/mol. The van der Waals surface area contributed by atoms with Crippen LogP contribution < -0.4 is 9.64 Å². The molecule has 1 fully saturated rings. The largest absolute Gasteiger partial charge is 0.494 e. The van der Waals surface area contributed by atoms with Gasteiger partial charge in [-0.25, -0.2) is 27.8 Å². The van der Waals surface area contributed by atoms with E-state index in [9.17, 15) is 12.8 Å². The predicted octanol–water partition coefficient (Wildman–Crippen LogP) is 1.94. The van der Waals surface area contributed by atoms with Crippen LogP contribution in [0.1, 0.15) is 11.4 Å². The third-order valence-corrected chi connectivity index (χ3v) is 7.36. The van der Waals surface area contributed by atoms with E-state index in [4.69, 9.17) is 4.74 Å². The van der Waals surface area contributed by atoms with Crippen LogP contribution >= 0.6 is 0 Å². The molecule has 2 aromatic heterocycles. The summed E-state index contributed by atoms with van der Waals surface area (Å²) in [6.07, 6.45) is 3.21. The molecule has 0 unspecified atom stereocenters. The van der Waals surface area contributed by atoms with Gasteiger partial charge in [0.05, 0.1) is 17.7 Å². The number of methoxy groups -OCH3 is 1. The Balaban J connectivity index is 1.49. The van der Waals surface area contributed by atoms with Crippen LogP contribution in [0.25, 0.3) is 5.82 Å². The van der Waals surface area contributed by atoms with E-state index in [1.54, 1.807) is 6.33 Å². The van der Waals surface area contributed by atoms with Crippen LogP contribution in [0.5, 0.6) is 5.75 Å². The lowest BCUT2D eigenvalue weighted by atomic mass is 10.3. The van der Waals surface area contributed by atoms with E-state index in [1.165, 1.54) is 29.9 Å². The lowest BCUT2D eigenvalue weighted by Gasteiger charge is -2.34. The number of ether oxygens (including phenoxy) is 1. The van der Waals surface area contributed by atoms with Gasteiger partial charge in [-0.1, -0.05) is 0 Å². The minimum Gasteiger partial charge on any atom is -0.494 e. The first-order valence-corrected chi connectivity index (χ1v) is 11.2. The normalized spacial score (nSPS) is 15.3. The summed E-state index contributed by atoms with van der Waals surface area (Å²) in [6.45, 7) is 5.33. The van der Waals surface area contributed by atoms with Gasteiger partial charge in [-0.05, 0) is 32.0 Å². The highest BCUT2D eigenvalue weighted by Gasteiger charge is 2.29. The second kappa shape index (κ2) is 8.23. The van der Waals surface area contributed by atoms with Gasteiger partial charge < -0.3 is 9.64 Å². The average molecular weight is 447 g/mol. The van der Waals surface area contributed by atoms with E-state index in [0.717, 1.165) is 17.5 Å². The molecule has 0 N–H and O–H groups in total. The fourth-order valence-corrected chi connectivity index (χ4v) is 4.92. The Labute approximate surface area is 180 Å². The summed E-state index contributed by atoms with van der Waals surface area (Å²) in [4.78, 5) is 14.9. The van der Waals surface area contributed by atoms with Gasteiger partial charge in [0.1, 0.15) is 24.3 Å². The summed E-state index contributed by atoms with van der Waals surface area (Å²) in [7, 11) is -2.47. The van der Waals surface area contributed by atoms with Gasteiger partial charge in [-0.15, -0.1) is 0 Å². The highest BCUT2D eigenvalue weighted by Crippen LogP contribution is 2.25. The van der Waals surface area contributed by atoms with Crippen LogP contribution in [-0.2, 0) is 10.0 Å². The Morgan fingerprint density at radius 3 is 2.32 bits per heavy atom. The van der Waals surface area contributed by atoms with Gasteiger partial charge in [0, 0.05) is 37.9 Å².